The largest absolute Gasteiger partial charge is 0.335 e. The van der Waals surface area contributed by atoms with Crippen molar-refractivity contribution in [2.45, 2.75) is 39.2 Å². The van der Waals surface area contributed by atoms with E-state index in [1.807, 2.05) is 4.90 Å². The number of carbonyl (C=O) groups is 1. The number of amides is 2. The van der Waals surface area contributed by atoms with Crippen LogP contribution >= 0.6 is 0 Å². The molecule has 3 N–H and O–H groups in total. The minimum atomic E-state index is 0.0830. The van der Waals surface area contributed by atoms with Crippen LogP contribution in [0.1, 0.15) is 33.1 Å². The Morgan fingerprint density at radius 3 is 2.67 bits per heavy atom. The monoisotopic (exact) mass is 213 g/mol. The second-order valence-electron chi connectivity index (χ2n) is 4.71. The molecule has 0 aromatic rings. The molecule has 2 amide bonds. The lowest BCUT2D eigenvalue weighted by molar-refractivity contribution is 0.190. The molecule has 1 fully saturated rings. The van der Waals surface area contributed by atoms with Crippen LogP contribution in [0.5, 0.6) is 0 Å². The third-order valence-corrected chi connectivity index (χ3v) is 2.41. The summed E-state index contributed by atoms with van der Waals surface area (Å²) in [6.45, 7) is 6.48. The highest BCUT2D eigenvalue weighted by Gasteiger charge is 2.25. The molecule has 1 saturated carbocycles. The Kier molecular flexibility index (Phi) is 4.88. The van der Waals surface area contributed by atoms with E-state index in [9.17, 15) is 4.79 Å². The average Bonchev–Trinajstić information content (AvgIpc) is 2.95. The lowest BCUT2D eigenvalue weighted by Gasteiger charge is -2.24. The van der Waals surface area contributed by atoms with Gasteiger partial charge in [0.15, 0.2) is 0 Å². The van der Waals surface area contributed by atoms with Gasteiger partial charge in [-0.25, -0.2) is 4.79 Å². The Labute approximate surface area is 92.2 Å². The Morgan fingerprint density at radius 1 is 1.53 bits per heavy atom. The molecule has 0 unspecified atom stereocenters. The van der Waals surface area contributed by atoms with E-state index in [2.05, 4.69) is 19.2 Å². The zero-order valence-electron chi connectivity index (χ0n) is 9.83. The van der Waals surface area contributed by atoms with Gasteiger partial charge in [-0.05, 0) is 31.7 Å². The van der Waals surface area contributed by atoms with Gasteiger partial charge in [-0.1, -0.05) is 13.8 Å². The number of nitrogens with zero attached hydrogens (tertiary/aromatic N) is 1. The summed E-state index contributed by atoms with van der Waals surface area (Å²) in [5, 5.41) is 3.01. The molecule has 0 saturated heterocycles. The number of hydrogen-bond donors (Lipinski definition) is 2. The third kappa shape index (κ3) is 5.02. The molecular weight excluding hydrogens is 190 g/mol. The van der Waals surface area contributed by atoms with E-state index < -0.39 is 0 Å². The SMILES string of the molecule is CC(C)CN(CCCN)C(=O)NC1CC1. The first-order chi connectivity index (χ1) is 7.13. The number of nitrogens with two attached hydrogens (primary N) is 1. The van der Waals surface area contributed by atoms with Crippen molar-refractivity contribution < 1.29 is 4.79 Å². The summed E-state index contributed by atoms with van der Waals surface area (Å²) >= 11 is 0. The number of hydrogen-bond acceptors (Lipinski definition) is 2. The minimum absolute atomic E-state index is 0.0830. The van der Waals surface area contributed by atoms with Crippen molar-refractivity contribution in [3.63, 3.8) is 0 Å². The first kappa shape index (κ1) is 12.3. The van der Waals surface area contributed by atoms with Crippen molar-refractivity contribution in [3.8, 4) is 0 Å². The van der Waals surface area contributed by atoms with E-state index in [1.54, 1.807) is 0 Å². The van der Waals surface area contributed by atoms with Gasteiger partial charge in [0, 0.05) is 19.1 Å². The maximum Gasteiger partial charge on any atom is 0.317 e. The van der Waals surface area contributed by atoms with Crippen molar-refractivity contribution in [1.82, 2.24) is 10.2 Å². The molecule has 0 aromatic carbocycles. The zero-order chi connectivity index (χ0) is 11.3. The summed E-state index contributed by atoms with van der Waals surface area (Å²) in [6.07, 6.45) is 3.15. The normalized spacial score (nSPS) is 15.5. The number of nitrogens with one attached hydrogen (secondary N) is 1. The predicted molar refractivity (Wildman–Crippen MR) is 61.6 cm³/mol. The molecule has 0 heterocycles. The summed E-state index contributed by atoms with van der Waals surface area (Å²) in [7, 11) is 0. The van der Waals surface area contributed by atoms with Crippen molar-refractivity contribution >= 4 is 6.03 Å². The molecule has 0 aromatic heterocycles. The quantitative estimate of drug-likeness (QED) is 0.695. The molecule has 88 valence electrons. The minimum Gasteiger partial charge on any atom is -0.335 e. The molecule has 1 rings (SSSR count). The van der Waals surface area contributed by atoms with Crippen LogP contribution in [-0.4, -0.2) is 36.6 Å². The highest BCUT2D eigenvalue weighted by molar-refractivity contribution is 5.74. The van der Waals surface area contributed by atoms with Gasteiger partial charge in [-0.15, -0.1) is 0 Å². The molecule has 0 atom stereocenters. The van der Waals surface area contributed by atoms with E-state index in [1.165, 1.54) is 0 Å². The third-order valence-electron chi connectivity index (χ3n) is 2.41. The Hall–Kier alpha value is -0.770. The highest BCUT2D eigenvalue weighted by atomic mass is 16.2. The summed E-state index contributed by atoms with van der Waals surface area (Å²) in [5.74, 6) is 0.507. The predicted octanol–water partition coefficient (Wildman–Crippen LogP) is 1.17. The highest BCUT2D eigenvalue weighted by Crippen LogP contribution is 2.19. The first-order valence-electron chi connectivity index (χ1n) is 5.89. The van der Waals surface area contributed by atoms with E-state index in [0.29, 0.717) is 18.5 Å². The molecule has 4 heteroatoms. The van der Waals surface area contributed by atoms with Crippen molar-refractivity contribution in [1.29, 1.82) is 0 Å². The second kappa shape index (κ2) is 5.95. The number of rotatable bonds is 6. The summed E-state index contributed by atoms with van der Waals surface area (Å²) in [4.78, 5) is 13.7. The topological polar surface area (TPSA) is 58.4 Å². The van der Waals surface area contributed by atoms with Crippen LogP contribution in [0.3, 0.4) is 0 Å². The van der Waals surface area contributed by atoms with Crippen LogP contribution in [0.2, 0.25) is 0 Å². The molecule has 1 aliphatic carbocycles. The van der Waals surface area contributed by atoms with Crippen molar-refractivity contribution in [2.75, 3.05) is 19.6 Å². The van der Waals surface area contributed by atoms with E-state index in [0.717, 1.165) is 32.4 Å². The van der Waals surface area contributed by atoms with Gasteiger partial charge >= 0.3 is 6.03 Å². The first-order valence-corrected chi connectivity index (χ1v) is 5.89. The molecule has 15 heavy (non-hydrogen) atoms. The average molecular weight is 213 g/mol. The lowest BCUT2D eigenvalue weighted by Crippen LogP contribution is -2.43. The standard InChI is InChI=1S/C11H23N3O/c1-9(2)8-14(7-3-6-12)11(15)13-10-4-5-10/h9-10H,3-8,12H2,1-2H3,(H,13,15). The summed E-state index contributed by atoms with van der Waals surface area (Å²) in [6, 6.07) is 0.518. The van der Waals surface area contributed by atoms with Crippen LogP contribution in [0.15, 0.2) is 0 Å². The molecule has 1 aliphatic rings. The fourth-order valence-corrected chi connectivity index (χ4v) is 1.49. The summed E-state index contributed by atoms with van der Waals surface area (Å²) in [5.41, 5.74) is 5.46. The fourth-order valence-electron chi connectivity index (χ4n) is 1.49. The maximum absolute atomic E-state index is 11.8. The Balaban J connectivity index is 2.33. The molecule has 4 nitrogen and oxygen atoms in total. The molecular formula is C11H23N3O. The van der Waals surface area contributed by atoms with Crippen LogP contribution in [-0.2, 0) is 0 Å². The molecule has 0 bridgehead atoms. The Bertz CT molecular complexity index is 202. The van der Waals surface area contributed by atoms with Gasteiger partial charge in [0.1, 0.15) is 0 Å². The molecule has 0 aliphatic heterocycles. The molecule has 0 spiro atoms. The number of urea groups is 1. The van der Waals surface area contributed by atoms with Gasteiger partial charge in [0.2, 0.25) is 0 Å². The van der Waals surface area contributed by atoms with E-state index in [4.69, 9.17) is 5.73 Å². The van der Waals surface area contributed by atoms with Crippen LogP contribution in [0.4, 0.5) is 4.79 Å². The van der Waals surface area contributed by atoms with Crippen LogP contribution < -0.4 is 11.1 Å². The van der Waals surface area contributed by atoms with Gasteiger partial charge < -0.3 is 16.0 Å². The second-order valence-corrected chi connectivity index (χ2v) is 4.71. The van der Waals surface area contributed by atoms with Crippen molar-refractivity contribution in [3.05, 3.63) is 0 Å². The van der Waals surface area contributed by atoms with Gasteiger partial charge in [0.25, 0.3) is 0 Å². The zero-order valence-corrected chi connectivity index (χ0v) is 9.83. The van der Waals surface area contributed by atoms with Gasteiger partial charge in [-0.2, -0.15) is 0 Å². The van der Waals surface area contributed by atoms with Crippen LogP contribution in [0.25, 0.3) is 0 Å². The maximum atomic E-state index is 11.8. The van der Waals surface area contributed by atoms with E-state index >= 15 is 0 Å². The fraction of sp³-hybridized carbons (Fsp3) is 0.909. The van der Waals surface area contributed by atoms with Crippen LogP contribution in [0, 0.1) is 5.92 Å². The van der Waals surface area contributed by atoms with E-state index in [-0.39, 0.29) is 6.03 Å². The summed E-state index contributed by atoms with van der Waals surface area (Å²) < 4.78 is 0. The number of carbonyl (C=O) groups excluding carboxylic acids is 1. The van der Waals surface area contributed by atoms with Gasteiger partial charge in [-0.3, -0.25) is 0 Å². The lowest BCUT2D eigenvalue weighted by atomic mass is 10.2. The smallest absolute Gasteiger partial charge is 0.317 e. The van der Waals surface area contributed by atoms with Crippen molar-refractivity contribution in [2.24, 2.45) is 11.7 Å². The molecule has 0 radical (unpaired) electrons. The Morgan fingerprint density at radius 2 is 2.20 bits per heavy atom. The van der Waals surface area contributed by atoms with Gasteiger partial charge in [0.05, 0.1) is 0 Å².